The zero-order valence-corrected chi connectivity index (χ0v) is 16.1. The first kappa shape index (κ1) is 18.9. The van der Waals surface area contributed by atoms with E-state index in [1.165, 1.54) is 12.1 Å². The van der Waals surface area contributed by atoms with E-state index in [2.05, 4.69) is 20.1 Å². The number of halogens is 1. The van der Waals surface area contributed by atoms with Gasteiger partial charge in [-0.25, -0.2) is 9.37 Å². The molecule has 1 saturated heterocycles. The van der Waals surface area contributed by atoms with Crippen LogP contribution in [0.15, 0.2) is 72.9 Å². The van der Waals surface area contributed by atoms with E-state index in [-0.39, 0.29) is 11.7 Å². The fraction of sp³-hybridized carbons (Fsp3) is 0.217. The molecule has 0 bridgehead atoms. The number of hydrogen-bond acceptors (Lipinski definition) is 4. The summed E-state index contributed by atoms with van der Waals surface area (Å²) in [5.41, 5.74) is 3.05. The highest BCUT2D eigenvalue weighted by Crippen LogP contribution is 2.21. The molecule has 0 radical (unpaired) electrons. The van der Waals surface area contributed by atoms with E-state index in [4.69, 9.17) is 0 Å². The third-order valence-corrected chi connectivity index (χ3v) is 5.06. The summed E-state index contributed by atoms with van der Waals surface area (Å²) in [4.78, 5) is 21.1. The summed E-state index contributed by atoms with van der Waals surface area (Å²) in [5, 5.41) is 2.85. The Labute approximate surface area is 169 Å². The number of pyridine rings is 1. The Kier molecular flexibility index (Phi) is 5.70. The Morgan fingerprint density at radius 1 is 0.862 bits per heavy atom. The second-order valence-corrected chi connectivity index (χ2v) is 7.06. The van der Waals surface area contributed by atoms with Crippen molar-refractivity contribution < 1.29 is 9.18 Å². The second kappa shape index (κ2) is 8.73. The summed E-state index contributed by atoms with van der Waals surface area (Å²) < 4.78 is 13.1. The topological polar surface area (TPSA) is 48.5 Å². The van der Waals surface area contributed by atoms with Crippen molar-refractivity contribution in [1.29, 1.82) is 0 Å². The van der Waals surface area contributed by atoms with Crippen molar-refractivity contribution in [3.63, 3.8) is 0 Å². The first-order chi connectivity index (χ1) is 14.2. The number of hydrogen-bond donors (Lipinski definition) is 1. The van der Waals surface area contributed by atoms with Gasteiger partial charge in [-0.1, -0.05) is 30.3 Å². The quantitative estimate of drug-likeness (QED) is 0.721. The van der Waals surface area contributed by atoms with Gasteiger partial charge < -0.3 is 15.1 Å². The van der Waals surface area contributed by atoms with Crippen molar-refractivity contribution in [2.45, 2.75) is 6.42 Å². The van der Waals surface area contributed by atoms with E-state index < -0.39 is 0 Å². The number of piperazine rings is 1. The van der Waals surface area contributed by atoms with Gasteiger partial charge in [0.1, 0.15) is 11.6 Å². The Morgan fingerprint density at radius 3 is 2.10 bits per heavy atom. The highest BCUT2D eigenvalue weighted by molar-refractivity contribution is 5.91. The lowest BCUT2D eigenvalue weighted by Crippen LogP contribution is -2.46. The lowest BCUT2D eigenvalue weighted by molar-refractivity contribution is -0.115. The summed E-state index contributed by atoms with van der Waals surface area (Å²) in [7, 11) is 0. The first-order valence-corrected chi connectivity index (χ1v) is 9.73. The van der Waals surface area contributed by atoms with Crippen LogP contribution in [0.25, 0.3) is 0 Å². The monoisotopic (exact) mass is 390 g/mol. The first-order valence-electron chi connectivity index (χ1n) is 9.73. The van der Waals surface area contributed by atoms with Crippen molar-refractivity contribution in [1.82, 2.24) is 4.98 Å². The molecule has 1 fully saturated rings. The summed E-state index contributed by atoms with van der Waals surface area (Å²) in [5.74, 6) is 0.262. The van der Waals surface area contributed by atoms with Crippen LogP contribution in [-0.4, -0.2) is 37.1 Å². The number of nitrogens with zero attached hydrogens (tertiary/aromatic N) is 3. The number of amides is 1. The molecule has 2 aromatic carbocycles. The Balaban J connectivity index is 1.30. The zero-order chi connectivity index (χ0) is 20.1. The second-order valence-electron chi connectivity index (χ2n) is 7.06. The minimum atomic E-state index is -0.214. The smallest absolute Gasteiger partial charge is 0.229 e. The average Bonchev–Trinajstić information content (AvgIpc) is 2.76. The number of nitrogens with one attached hydrogen (secondary N) is 1. The van der Waals surface area contributed by atoms with E-state index in [1.807, 2.05) is 54.6 Å². The molecule has 29 heavy (non-hydrogen) atoms. The number of aromatic nitrogens is 1. The van der Waals surface area contributed by atoms with E-state index >= 15 is 0 Å². The fourth-order valence-corrected chi connectivity index (χ4v) is 3.49. The molecule has 4 rings (SSSR count). The molecule has 0 aliphatic carbocycles. The minimum Gasteiger partial charge on any atom is -0.368 e. The van der Waals surface area contributed by atoms with E-state index in [0.29, 0.717) is 12.2 Å². The molecule has 3 aromatic rings. The largest absolute Gasteiger partial charge is 0.368 e. The Bertz CT molecular complexity index is 937. The number of carbonyl (C=O) groups is 1. The molecule has 2 heterocycles. The maximum absolute atomic E-state index is 13.1. The van der Waals surface area contributed by atoms with Gasteiger partial charge in [-0.05, 0) is 42.0 Å². The SMILES string of the molecule is O=C(Cc1ccccc1)Nc1ccc(N2CCN(c3ccc(F)cc3)CC2)cn1. The molecule has 0 unspecified atom stereocenters. The predicted molar refractivity (Wildman–Crippen MR) is 114 cm³/mol. The molecular formula is C23H23FN4O. The molecule has 0 saturated carbocycles. The normalized spacial score (nSPS) is 14.0. The number of rotatable bonds is 5. The molecule has 148 valence electrons. The van der Waals surface area contributed by atoms with Crippen LogP contribution >= 0.6 is 0 Å². The van der Waals surface area contributed by atoms with Gasteiger partial charge in [0.05, 0.1) is 18.3 Å². The molecule has 5 nitrogen and oxygen atoms in total. The molecule has 1 aliphatic rings. The van der Waals surface area contributed by atoms with Crippen molar-refractivity contribution in [3.8, 4) is 0 Å². The minimum absolute atomic E-state index is 0.0793. The van der Waals surface area contributed by atoms with Gasteiger partial charge >= 0.3 is 0 Å². The third kappa shape index (κ3) is 4.90. The average molecular weight is 390 g/mol. The zero-order valence-electron chi connectivity index (χ0n) is 16.1. The van der Waals surface area contributed by atoms with Crippen LogP contribution in [0, 0.1) is 5.82 Å². The summed E-state index contributed by atoms with van der Waals surface area (Å²) in [6.07, 6.45) is 2.13. The summed E-state index contributed by atoms with van der Waals surface area (Å²) in [6, 6.07) is 20.1. The van der Waals surface area contributed by atoms with Crippen LogP contribution < -0.4 is 15.1 Å². The standard InChI is InChI=1S/C23H23FN4O/c24-19-6-8-20(9-7-19)27-12-14-28(15-13-27)21-10-11-22(25-17-21)26-23(29)16-18-4-2-1-3-5-18/h1-11,17H,12-16H2,(H,25,26,29). The van der Waals surface area contributed by atoms with Crippen molar-refractivity contribution in [2.24, 2.45) is 0 Å². The summed E-state index contributed by atoms with van der Waals surface area (Å²) in [6.45, 7) is 3.44. The lowest BCUT2D eigenvalue weighted by atomic mass is 10.1. The van der Waals surface area contributed by atoms with Gasteiger partial charge in [-0.15, -0.1) is 0 Å². The van der Waals surface area contributed by atoms with Crippen molar-refractivity contribution in [2.75, 3.05) is 41.3 Å². The lowest BCUT2D eigenvalue weighted by Gasteiger charge is -2.37. The number of benzene rings is 2. The molecule has 1 aliphatic heterocycles. The van der Waals surface area contributed by atoms with E-state index in [9.17, 15) is 9.18 Å². The molecule has 6 heteroatoms. The molecule has 0 atom stereocenters. The molecule has 0 spiro atoms. The molecule has 1 N–H and O–H groups in total. The Hall–Kier alpha value is -3.41. The number of carbonyl (C=O) groups excluding carboxylic acids is 1. The van der Waals surface area contributed by atoms with Gasteiger partial charge in [0.25, 0.3) is 0 Å². The molecular weight excluding hydrogens is 367 g/mol. The van der Waals surface area contributed by atoms with Crippen LogP contribution in [0.5, 0.6) is 0 Å². The third-order valence-electron chi connectivity index (χ3n) is 5.06. The summed E-state index contributed by atoms with van der Waals surface area (Å²) >= 11 is 0. The van der Waals surface area contributed by atoms with Gasteiger partial charge in [-0.2, -0.15) is 0 Å². The maximum atomic E-state index is 13.1. The van der Waals surface area contributed by atoms with Crippen molar-refractivity contribution in [3.05, 3.63) is 84.3 Å². The Morgan fingerprint density at radius 2 is 1.48 bits per heavy atom. The van der Waals surface area contributed by atoms with Crippen LogP contribution in [-0.2, 0) is 11.2 Å². The van der Waals surface area contributed by atoms with Gasteiger partial charge in [0, 0.05) is 31.9 Å². The maximum Gasteiger partial charge on any atom is 0.229 e. The number of anilines is 3. The van der Waals surface area contributed by atoms with E-state index in [0.717, 1.165) is 43.1 Å². The van der Waals surface area contributed by atoms with Gasteiger partial charge in [-0.3, -0.25) is 4.79 Å². The van der Waals surface area contributed by atoms with E-state index in [1.54, 1.807) is 6.20 Å². The fourth-order valence-electron chi connectivity index (χ4n) is 3.49. The van der Waals surface area contributed by atoms with Crippen LogP contribution in [0.4, 0.5) is 21.6 Å². The molecule has 1 amide bonds. The van der Waals surface area contributed by atoms with Gasteiger partial charge in [0.2, 0.25) is 5.91 Å². The van der Waals surface area contributed by atoms with Crippen LogP contribution in [0.1, 0.15) is 5.56 Å². The van der Waals surface area contributed by atoms with Gasteiger partial charge in [0.15, 0.2) is 0 Å². The predicted octanol–water partition coefficient (Wildman–Crippen LogP) is 3.73. The highest BCUT2D eigenvalue weighted by atomic mass is 19.1. The molecule has 1 aromatic heterocycles. The van der Waals surface area contributed by atoms with Crippen LogP contribution in [0.3, 0.4) is 0 Å². The van der Waals surface area contributed by atoms with Crippen LogP contribution in [0.2, 0.25) is 0 Å². The highest BCUT2D eigenvalue weighted by Gasteiger charge is 2.18. The van der Waals surface area contributed by atoms with Crippen molar-refractivity contribution >= 4 is 23.1 Å².